The number of piperidine rings is 1. The molecule has 3 aromatic rings. The number of benzene rings is 2. The van der Waals surface area contributed by atoms with Crippen molar-refractivity contribution in [3.63, 3.8) is 0 Å². The molecule has 1 saturated heterocycles. The highest BCUT2D eigenvalue weighted by Crippen LogP contribution is 2.27. The Balaban J connectivity index is 1.64. The molecule has 0 aliphatic carbocycles. The minimum absolute atomic E-state index is 0.0376. The van der Waals surface area contributed by atoms with Gasteiger partial charge in [-0.05, 0) is 68.1 Å². The summed E-state index contributed by atoms with van der Waals surface area (Å²) in [6, 6.07) is 12.0. The number of thiazole rings is 1. The Morgan fingerprint density at radius 1 is 1.15 bits per heavy atom. The molecule has 1 amide bonds. The first-order chi connectivity index (χ1) is 16.4. The molecule has 0 bridgehead atoms. The van der Waals surface area contributed by atoms with Crippen LogP contribution in [0.5, 0.6) is 5.75 Å². The predicted molar refractivity (Wildman–Crippen MR) is 135 cm³/mol. The van der Waals surface area contributed by atoms with Crippen LogP contribution in [0.2, 0.25) is 0 Å². The van der Waals surface area contributed by atoms with Crippen molar-refractivity contribution in [2.24, 2.45) is 4.99 Å². The van der Waals surface area contributed by atoms with E-state index in [1.54, 1.807) is 23.5 Å². The maximum atomic E-state index is 13.2. The Hall–Kier alpha value is -2.49. The molecule has 1 aliphatic rings. The van der Waals surface area contributed by atoms with Crippen molar-refractivity contribution in [3.8, 4) is 5.75 Å². The smallest absolute Gasteiger partial charge is 0.279 e. The van der Waals surface area contributed by atoms with Gasteiger partial charge in [-0.1, -0.05) is 31.6 Å². The number of aryl methyl sites for hydroxylation is 1. The Morgan fingerprint density at radius 2 is 1.91 bits per heavy atom. The predicted octanol–water partition coefficient (Wildman–Crippen LogP) is 4.82. The Morgan fingerprint density at radius 3 is 2.59 bits per heavy atom. The van der Waals surface area contributed by atoms with Crippen LogP contribution >= 0.6 is 11.3 Å². The molecule has 1 aliphatic heterocycles. The van der Waals surface area contributed by atoms with Crippen LogP contribution in [0.25, 0.3) is 10.2 Å². The number of methoxy groups -OCH3 is 1. The average Bonchev–Trinajstić information content (AvgIpc) is 3.20. The first-order valence-corrected chi connectivity index (χ1v) is 14.0. The molecule has 0 saturated carbocycles. The third-order valence-corrected chi connectivity index (χ3v) is 9.29. The zero-order valence-electron chi connectivity index (χ0n) is 19.9. The van der Waals surface area contributed by atoms with Crippen molar-refractivity contribution < 1.29 is 17.9 Å². The van der Waals surface area contributed by atoms with Gasteiger partial charge in [-0.15, -0.1) is 0 Å². The third kappa shape index (κ3) is 4.82. The number of carbonyl (C=O) groups excluding carboxylic acids is 1. The Bertz CT molecular complexity index is 1340. The molecule has 4 rings (SSSR count). The van der Waals surface area contributed by atoms with Gasteiger partial charge in [-0.3, -0.25) is 4.79 Å². The van der Waals surface area contributed by atoms with Gasteiger partial charge < -0.3 is 9.30 Å². The molecular weight excluding hydrogens is 470 g/mol. The van der Waals surface area contributed by atoms with E-state index in [9.17, 15) is 13.2 Å². The van der Waals surface area contributed by atoms with Crippen molar-refractivity contribution in [2.75, 3.05) is 13.7 Å². The largest absolute Gasteiger partial charge is 0.497 e. The van der Waals surface area contributed by atoms with E-state index in [0.29, 0.717) is 16.9 Å². The van der Waals surface area contributed by atoms with E-state index >= 15 is 0 Å². The van der Waals surface area contributed by atoms with Gasteiger partial charge in [0, 0.05) is 24.7 Å². The summed E-state index contributed by atoms with van der Waals surface area (Å²) in [4.78, 5) is 18.2. The maximum Gasteiger partial charge on any atom is 0.279 e. The van der Waals surface area contributed by atoms with Gasteiger partial charge in [-0.25, -0.2) is 8.42 Å². The molecule has 2 heterocycles. The summed E-state index contributed by atoms with van der Waals surface area (Å²) in [5.74, 6) is 0.364. The number of ether oxygens (including phenoxy) is 1. The van der Waals surface area contributed by atoms with Crippen LogP contribution in [0.4, 0.5) is 0 Å². The highest BCUT2D eigenvalue weighted by atomic mass is 32.2. The molecule has 1 fully saturated rings. The van der Waals surface area contributed by atoms with Gasteiger partial charge in [0.25, 0.3) is 5.91 Å². The molecule has 0 radical (unpaired) electrons. The van der Waals surface area contributed by atoms with Crippen molar-refractivity contribution in [2.45, 2.75) is 63.4 Å². The summed E-state index contributed by atoms with van der Waals surface area (Å²) in [6.45, 7) is 5.39. The first kappa shape index (κ1) is 24.6. The van der Waals surface area contributed by atoms with Gasteiger partial charge in [0.2, 0.25) is 10.0 Å². The minimum Gasteiger partial charge on any atom is -0.497 e. The van der Waals surface area contributed by atoms with E-state index in [4.69, 9.17) is 4.74 Å². The van der Waals surface area contributed by atoms with Crippen LogP contribution in [0.3, 0.4) is 0 Å². The first-order valence-electron chi connectivity index (χ1n) is 11.8. The van der Waals surface area contributed by atoms with Crippen LogP contribution in [0.15, 0.2) is 52.4 Å². The third-order valence-electron chi connectivity index (χ3n) is 6.29. The number of hydrogen-bond donors (Lipinski definition) is 0. The summed E-state index contributed by atoms with van der Waals surface area (Å²) in [5.41, 5.74) is 1.37. The van der Waals surface area contributed by atoms with E-state index in [-0.39, 0.29) is 10.9 Å². The van der Waals surface area contributed by atoms with Crippen LogP contribution in [0.1, 0.15) is 56.3 Å². The number of sulfonamides is 1. The lowest BCUT2D eigenvalue weighted by Crippen LogP contribution is -2.43. The number of nitrogens with zero attached hydrogens (tertiary/aromatic N) is 3. The highest BCUT2D eigenvalue weighted by Gasteiger charge is 2.32. The molecule has 1 aromatic heterocycles. The van der Waals surface area contributed by atoms with E-state index in [1.807, 2.05) is 29.7 Å². The van der Waals surface area contributed by atoms with E-state index in [0.717, 1.165) is 54.6 Å². The van der Waals surface area contributed by atoms with Crippen LogP contribution in [-0.2, 0) is 16.6 Å². The summed E-state index contributed by atoms with van der Waals surface area (Å²) < 4.78 is 36.4. The molecule has 0 N–H and O–H groups in total. The fraction of sp³-hybridized carbons (Fsp3) is 0.440. The second-order valence-corrected chi connectivity index (χ2v) is 11.4. The second-order valence-electron chi connectivity index (χ2n) is 8.48. The summed E-state index contributed by atoms with van der Waals surface area (Å²) >= 11 is 1.44. The normalized spacial score (nSPS) is 17.9. The van der Waals surface area contributed by atoms with Crippen molar-refractivity contribution in [1.29, 1.82) is 0 Å². The van der Waals surface area contributed by atoms with E-state index in [1.165, 1.54) is 23.5 Å². The quantitative estimate of drug-likeness (QED) is 0.465. The average molecular weight is 502 g/mol. The Kier molecular flexibility index (Phi) is 7.54. The number of amides is 1. The molecule has 34 heavy (non-hydrogen) atoms. The minimum atomic E-state index is -3.59. The van der Waals surface area contributed by atoms with Crippen molar-refractivity contribution in [1.82, 2.24) is 8.87 Å². The second kappa shape index (κ2) is 10.4. The molecule has 7 nitrogen and oxygen atoms in total. The van der Waals surface area contributed by atoms with E-state index < -0.39 is 15.9 Å². The van der Waals surface area contributed by atoms with Crippen molar-refractivity contribution in [3.05, 3.63) is 52.8 Å². The molecule has 9 heteroatoms. The molecule has 1 atom stereocenters. The number of carbonyl (C=O) groups is 1. The molecule has 182 valence electrons. The zero-order valence-corrected chi connectivity index (χ0v) is 21.5. The SMILES string of the molecule is CCCn1c(=NC(=O)c2ccc(S(=O)(=O)N3CCCCC3CC)cc2)sc2cc(OC)ccc21. The summed E-state index contributed by atoms with van der Waals surface area (Å²) in [5, 5.41) is 0. The van der Waals surface area contributed by atoms with E-state index in [2.05, 4.69) is 11.9 Å². The van der Waals surface area contributed by atoms with Crippen LogP contribution in [0, 0.1) is 0 Å². The van der Waals surface area contributed by atoms with Crippen LogP contribution < -0.4 is 9.54 Å². The van der Waals surface area contributed by atoms with Gasteiger partial charge in [0.15, 0.2) is 4.80 Å². The highest BCUT2D eigenvalue weighted by molar-refractivity contribution is 7.89. The zero-order chi connectivity index (χ0) is 24.3. The number of aromatic nitrogens is 1. The fourth-order valence-electron chi connectivity index (χ4n) is 4.46. The number of rotatable bonds is 7. The maximum absolute atomic E-state index is 13.2. The lowest BCUT2D eigenvalue weighted by molar-refractivity contribution is 0.0997. The van der Waals surface area contributed by atoms with Crippen molar-refractivity contribution >= 4 is 37.5 Å². The molecule has 0 spiro atoms. The Labute approximate surface area is 204 Å². The number of fused-ring (bicyclic) bond motifs is 1. The lowest BCUT2D eigenvalue weighted by Gasteiger charge is -2.34. The number of hydrogen-bond acceptors (Lipinski definition) is 5. The fourth-order valence-corrected chi connectivity index (χ4v) is 7.31. The topological polar surface area (TPSA) is 81.0 Å². The molecule has 1 unspecified atom stereocenters. The lowest BCUT2D eigenvalue weighted by atomic mass is 10.0. The van der Waals surface area contributed by atoms with Gasteiger partial charge >= 0.3 is 0 Å². The van der Waals surface area contributed by atoms with Gasteiger partial charge in [0.05, 0.1) is 22.2 Å². The molecule has 2 aromatic carbocycles. The summed E-state index contributed by atoms with van der Waals surface area (Å²) in [7, 11) is -1.96. The standard InChI is InChI=1S/C25H31N3O4S2/c1-4-15-27-22-14-11-20(32-3)17-23(22)33-25(27)26-24(29)18-9-12-21(13-10-18)34(30,31)28-16-7-6-8-19(28)5-2/h9-14,17,19H,4-8,15-16H2,1-3H3. The van der Waals surface area contributed by atoms with Gasteiger partial charge in [0.1, 0.15) is 5.75 Å². The van der Waals surface area contributed by atoms with Crippen LogP contribution in [-0.4, -0.2) is 42.9 Å². The molecular formula is C25H31N3O4S2. The summed E-state index contributed by atoms with van der Waals surface area (Å²) in [6.07, 6.45) is 4.53. The van der Waals surface area contributed by atoms with Gasteiger partial charge in [-0.2, -0.15) is 9.30 Å². The monoisotopic (exact) mass is 501 g/mol.